The molecule has 2 aromatic carbocycles. The highest BCUT2D eigenvalue weighted by Gasteiger charge is 2.41. The molecule has 3 aromatic rings. The largest absolute Gasteiger partial charge is 0.496 e. The minimum atomic E-state index is -0.340. The predicted octanol–water partition coefficient (Wildman–Crippen LogP) is 3.50. The maximum absolute atomic E-state index is 13.5. The van der Waals surface area contributed by atoms with Gasteiger partial charge in [-0.1, -0.05) is 54.6 Å². The molecule has 0 saturated carbocycles. The van der Waals surface area contributed by atoms with Gasteiger partial charge in [0.25, 0.3) is 11.8 Å². The fraction of sp³-hybridized carbons (Fsp3) is 0.160. The van der Waals surface area contributed by atoms with Gasteiger partial charge in [0, 0.05) is 31.5 Å². The number of carbonyl (C=O) groups is 2. The van der Waals surface area contributed by atoms with Gasteiger partial charge in [0.05, 0.1) is 19.2 Å². The Morgan fingerprint density at radius 3 is 2.32 bits per heavy atom. The van der Waals surface area contributed by atoms with Crippen molar-refractivity contribution in [1.82, 2.24) is 14.8 Å². The summed E-state index contributed by atoms with van der Waals surface area (Å²) in [6.07, 6.45) is 3.32. The summed E-state index contributed by atoms with van der Waals surface area (Å²) < 4.78 is 5.50. The molecule has 6 nitrogen and oxygen atoms in total. The van der Waals surface area contributed by atoms with Crippen LogP contribution in [0.15, 0.2) is 84.8 Å². The van der Waals surface area contributed by atoms with Gasteiger partial charge in [0.2, 0.25) is 0 Å². The Hall–Kier alpha value is -3.93. The summed E-state index contributed by atoms with van der Waals surface area (Å²) in [5.74, 6) is -0.117. The average molecular weight is 413 g/mol. The van der Waals surface area contributed by atoms with E-state index in [9.17, 15) is 9.59 Å². The quantitative estimate of drug-likeness (QED) is 0.555. The number of carbonyl (C=O) groups excluding carboxylic acids is 2. The minimum Gasteiger partial charge on any atom is -0.496 e. The molecule has 4 rings (SSSR count). The maximum atomic E-state index is 13.5. The lowest BCUT2D eigenvalue weighted by Gasteiger charge is -2.22. The number of pyridine rings is 1. The van der Waals surface area contributed by atoms with E-state index in [0.717, 1.165) is 11.1 Å². The second kappa shape index (κ2) is 8.83. The van der Waals surface area contributed by atoms with E-state index in [1.165, 1.54) is 4.90 Å². The third-order valence-corrected chi connectivity index (χ3v) is 5.23. The Morgan fingerprint density at radius 1 is 0.903 bits per heavy atom. The van der Waals surface area contributed by atoms with Gasteiger partial charge in [0.15, 0.2) is 0 Å². The number of imide groups is 1. The van der Waals surface area contributed by atoms with E-state index < -0.39 is 0 Å². The summed E-state index contributed by atoms with van der Waals surface area (Å²) in [5, 5.41) is 0. The average Bonchev–Trinajstić information content (AvgIpc) is 3.05. The lowest BCUT2D eigenvalue weighted by Crippen LogP contribution is -2.33. The fourth-order valence-electron chi connectivity index (χ4n) is 3.77. The number of hydrogen-bond acceptors (Lipinski definition) is 5. The molecule has 2 amide bonds. The standard InChI is InChI=1S/C25H23N3O3/c1-27(16-18-9-4-3-5-10-18)23-22(20-12-6-7-13-21(20)31-2)24(29)28(25(23)30)17-19-11-8-14-26-15-19/h3-15H,16-17H2,1-2H3. The Bertz CT molecular complexity index is 1130. The number of benzene rings is 2. The van der Waals surface area contributed by atoms with E-state index in [-0.39, 0.29) is 18.4 Å². The minimum absolute atomic E-state index is 0.160. The summed E-state index contributed by atoms with van der Waals surface area (Å²) in [7, 11) is 3.39. The molecule has 0 bridgehead atoms. The normalized spacial score (nSPS) is 13.7. The predicted molar refractivity (Wildman–Crippen MR) is 118 cm³/mol. The maximum Gasteiger partial charge on any atom is 0.278 e. The Balaban J connectivity index is 1.77. The second-order valence-electron chi connectivity index (χ2n) is 7.32. The highest BCUT2D eigenvalue weighted by Crippen LogP contribution is 2.36. The summed E-state index contributed by atoms with van der Waals surface area (Å²) in [5.41, 5.74) is 3.15. The van der Waals surface area contributed by atoms with Gasteiger partial charge >= 0.3 is 0 Å². The van der Waals surface area contributed by atoms with Crippen molar-refractivity contribution in [3.8, 4) is 5.75 Å². The topological polar surface area (TPSA) is 62.7 Å². The molecule has 1 aromatic heterocycles. The number of hydrogen-bond donors (Lipinski definition) is 0. The molecule has 0 saturated heterocycles. The van der Waals surface area contributed by atoms with Crippen LogP contribution in [-0.2, 0) is 22.7 Å². The third kappa shape index (κ3) is 4.05. The Kier molecular flexibility index (Phi) is 5.80. The van der Waals surface area contributed by atoms with Gasteiger partial charge in [-0.15, -0.1) is 0 Å². The summed E-state index contributed by atoms with van der Waals surface area (Å²) in [6.45, 7) is 0.654. The molecule has 0 atom stereocenters. The van der Waals surface area contributed by atoms with E-state index in [0.29, 0.717) is 29.1 Å². The van der Waals surface area contributed by atoms with E-state index in [1.807, 2.05) is 66.5 Å². The number of para-hydroxylation sites is 1. The molecule has 1 aliphatic heterocycles. The molecule has 6 heteroatoms. The third-order valence-electron chi connectivity index (χ3n) is 5.23. The molecule has 1 aliphatic rings. The first-order chi connectivity index (χ1) is 15.1. The van der Waals surface area contributed by atoms with Crippen molar-refractivity contribution in [2.75, 3.05) is 14.2 Å². The van der Waals surface area contributed by atoms with E-state index in [1.54, 1.807) is 31.6 Å². The smallest absolute Gasteiger partial charge is 0.278 e. The van der Waals surface area contributed by atoms with E-state index in [2.05, 4.69) is 4.98 Å². The highest BCUT2D eigenvalue weighted by molar-refractivity contribution is 6.35. The molecule has 0 radical (unpaired) electrons. The number of rotatable bonds is 7. The zero-order valence-corrected chi connectivity index (χ0v) is 17.5. The van der Waals surface area contributed by atoms with Crippen LogP contribution < -0.4 is 4.74 Å². The lowest BCUT2D eigenvalue weighted by atomic mass is 10.0. The number of ether oxygens (including phenoxy) is 1. The van der Waals surface area contributed by atoms with Crippen molar-refractivity contribution in [1.29, 1.82) is 0 Å². The van der Waals surface area contributed by atoms with Crippen LogP contribution in [0.25, 0.3) is 5.57 Å². The number of amides is 2. The van der Waals surface area contributed by atoms with E-state index in [4.69, 9.17) is 4.74 Å². The SMILES string of the molecule is COc1ccccc1C1=C(N(C)Cc2ccccc2)C(=O)N(Cc2cccnc2)C1=O. The Morgan fingerprint density at radius 2 is 1.61 bits per heavy atom. The number of aromatic nitrogens is 1. The number of methoxy groups -OCH3 is 1. The molecule has 0 N–H and O–H groups in total. The lowest BCUT2D eigenvalue weighted by molar-refractivity contribution is -0.138. The van der Waals surface area contributed by atoms with Crippen molar-refractivity contribution >= 4 is 17.4 Å². The van der Waals surface area contributed by atoms with Crippen LogP contribution in [0.2, 0.25) is 0 Å². The molecule has 0 aliphatic carbocycles. The first-order valence-corrected chi connectivity index (χ1v) is 9.98. The number of nitrogens with zero attached hydrogens (tertiary/aromatic N) is 3. The van der Waals surface area contributed by atoms with Crippen LogP contribution in [0.5, 0.6) is 5.75 Å². The van der Waals surface area contributed by atoms with Crippen LogP contribution >= 0.6 is 0 Å². The molecule has 0 unspecified atom stereocenters. The molecule has 2 heterocycles. The van der Waals surface area contributed by atoms with Crippen LogP contribution in [0.1, 0.15) is 16.7 Å². The highest BCUT2D eigenvalue weighted by atomic mass is 16.5. The van der Waals surface area contributed by atoms with Gasteiger partial charge in [0.1, 0.15) is 11.4 Å². The van der Waals surface area contributed by atoms with E-state index >= 15 is 0 Å². The first-order valence-electron chi connectivity index (χ1n) is 9.98. The zero-order chi connectivity index (χ0) is 21.8. The van der Waals surface area contributed by atoms with Crippen molar-refractivity contribution in [2.24, 2.45) is 0 Å². The Labute approximate surface area is 181 Å². The van der Waals surface area contributed by atoms with Gasteiger partial charge in [-0.05, 0) is 23.3 Å². The summed E-state index contributed by atoms with van der Waals surface area (Å²) in [6, 6.07) is 20.8. The molecule has 0 spiro atoms. The molecular weight excluding hydrogens is 390 g/mol. The first kappa shape index (κ1) is 20.3. The summed E-state index contributed by atoms with van der Waals surface area (Å²) >= 11 is 0. The van der Waals surface area contributed by atoms with Crippen molar-refractivity contribution < 1.29 is 14.3 Å². The zero-order valence-electron chi connectivity index (χ0n) is 17.5. The van der Waals surface area contributed by atoms with Crippen molar-refractivity contribution in [3.63, 3.8) is 0 Å². The van der Waals surface area contributed by atoms with Crippen LogP contribution in [0.3, 0.4) is 0 Å². The molecular formula is C25H23N3O3. The van der Waals surface area contributed by atoms with Crippen molar-refractivity contribution in [2.45, 2.75) is 13.1 Å². The molecule has 0 fully saturated rings. The van der Waals surface area contributed by atoms with Gasteiger partial charge in [-0.25, -0.2) is 0 Å². The van der Waals surface area contributed by atoms with Crippen LogP contribution in [0, 0.1) is 0 Å². The van der Waals surface area contributed by atoms with Gasteiger partial charge < -0.3 is 9.64 Å². The molecule has 31 heavy (non-hydrogen) atoms. The molecule has 156 valence electrons. The van der Waals surface area contributed by atoms with Crippen LogP contribution in [-0.4, -0.2) is 40.8 Å². The monoisotopic (exact) mass is 413 g/mol. The van der Waals surface area contributed by atoms with Gasteiger partial charge in [-0.3, -0.25) is 19.5 Å². The van der Waals surface area contributed by atoms with Gasteiger partial charge in [-0.2, -0.15) is 0 Å². The van der Waals surface area contributed by atoms with Crippen LogP contribution in [0.4, 0.5) is 0 Å². The number of likely N-dealkylation sites (N-methyl/N-ethyl adjacent to an activating group) is 1. The second-order valence-corrected chi connectivity index (χ2v) is 7.32. The fourth-order valence-corrected chi connectivity index (χ4v) is 3.77. The summed E-state index contributed by atoms with van der Waals surface area (Å²) in [4.78, 5) is 34.2. The van der Waals surface area contributed by atoms with Crippen molar-refractivity contribution in [3.05, 3.63) is 102 Å².